The van der Waals surface area contributed by atoms with Gasteiger partial charge in [-0.1, -0.05) is 36.5 Å². The van der Waals surface area contributed by atoms with Gasteiger partial charge >= 0.3 is 0 Å². The van der Waals surface area contributed by atoms with E-state index in [-0.39, 0.29) is 5.91 Å². The summed E-state index contributed by atoms with van der Waals surface area (Å²) in [7, 11) is 0. The van der Waals surface area contributed by atoms with E-state index in [1.54, 1.807) is 29.5 Å². The normalized spacial score (nSPS) is 16.9. The second-order valence-electron chi connectivity index (χ2n) is 5.84. The second-order valence-corrected chi connectivity index (χ2v) is 7.82. The highest BCUT2D eigenvalue weighted by atomic mass is 35.5. The Bertz CT molecular complexity index is 757. The molecule has 122 valence electrons. The largest absolute Gasteiger partial charge is 0.390 e. The maximum absolute atomic E-state index is 12.7. The molecule has 0 fully saturated rings. The molecule has 1 aromatic heterocycles. The number of halogens is 2. The fourth-order valence-corrected chi connectivity index (χ4v) is 4.73. The molecule has 2 aromatic rings. The molecule has 1 heterocycles. The molecule has 1 amide bonds. The third-order valence-corrected chi connectivity index (χ3v) is 6.01. The quantitative estimate of drug-likeness (QED) is 0.761. The van der Waals surface area contributed by atoms with Crippen molar-refractivity contribution in [2.45, 2.75) is 32.6 Å². The van der Waals surface area contributed by atoms with Crippen LogP contribution in [0.5, 0.6) is 0 Å². The van der Waals surface area contributed by atoms with Gasteiger partial charge in [-0.3, -0.25) is 4.79 Å². The number of hydrogen-bond acceptors (Lipinski definition) is 3. The lowest BCUT2D eigenvalue weighted by Crippen LogP contribution is -2.18. The Morgan fingerprint density at radius 3 is 2.91 bits per heavy atom. The summed E-state index contributed by atoms with van der Waals surface area (Å²) < 4.78 is 0. The molecule has 0 aliphatic heterocycles. The maximum atomic E-state index is 12.7. The van der Waals surface area contributed by atoms with Crippen molar-refractivity contribution in [1.82, 2.24) is 0 Å². The highest BCUT2D eigenvalue weighted by Gasteiger charge is 2.27. The van der Waals surface area contributed by atoms with Gasteiger partial charge in [-0.25, -0.2) is 0 Å². The molecule has 1 atom stereocenters. The van der Waals surface area contributed by atoms with Crippen molar-refractivity contribution < 1.29 is 4.79 Å². The van der Waals surface area contributed by atoms with Crippen LogP contribution in [0.2, 0.25) is 10.0 Å². The summed E-state index contributed by atoms with van der Waals surface area (Å²) in [6.45, 7) is 2.21. The summed E-state index contributed by atoms with van der Waals surface area (Å²) >= 11 is 13.6. The molecule has 0 unspecified atom stereocenters. The van der Waals surface area contributed by atoms with Crippen LogP contribution in [-0.2, 0) is 12.8 Å². The minimum absolute atomic E-state index is 0.195. The lowest BCUT2D eigenvalue weighted by Gasteiger charge is -2.21. The number of amides is 1. The zero-order chi connectivity index (χ0) is 16.6. The number of carbonyl (C=O) groups is 1. The zero-order valence-corrected chi connectivity index (χ0v) is 15.1. The standard InChI is InChI=1S/C17H18Cl2N2OS/c1-2-9-3-5-11-14(7-9)23-16(20)15(11)17(22)21-13-6-4-10(18)8-12(13)19/h4,6,8-9H,2-3,5,7,20H2,1H3,(H,21,22)/t9-/m0/s1. The molecule has 0 radical (unpaired) electrons. The van der Waals surface area contributed by atoms with Crippen molar-refractivity contribution in [3.05, 3.63) is 44.2 Å². The number of benzene rings is 1. The van der Waals surface area contributed by atoms with Crippen LogP contribution >= 0.6 is 34.5 Å². The van der Waals surface area contributed by atoms with Gasteiger partial charge in [0.25, 0.3) is 5.91 Å². The first kappa shape index (κ1) is 16.6. The molecule has 1 aliphatic carbocycles. The van der Waals surface area contributed by atoms with E-state index >= 15 is 0 Å². The Hall–Kier alpha value is -1.23. The summed E-state index contributed by atoms with van der Waals surface area (Å²) in [5.74, 6) is 0.501. The number of hydrogen-bond donors (Lipinski definition) is 2. The Balaban J connectivity index is 1.87. The van der Waals surface area contributed by atoms with E-state index in [0.717, 1.165) is 24.8 Å². The summed E-state index contributed by atoms with van der Waals surface area (Å²) in [6.07, 6.45) is 4.22. The van der Waals surface area contributed by atoms with Crippen LogP contribution < -0.4 is 11.1 Å². The van der Waals surface area contributed by atoms with E-state index in [1.807, 2.05) is 0 Å². The molecule has 1 aromatic carbocycles. The molecule has 0 spiro atoms. The number of fused-ring (bicyclic) bond motifs is 1. The zero-order valence-electron chi connectivity index (χ0n) is 12.8. The summed E-state index contributed by atoms with van der Waals surface area (Å²) in [5.41, 5.74) is 8.40. The van der Waals surface area contributed by atoms with Crippen molar-refractivity contribution >= 4 is 51.1 Å². The number of carbonyl (C=O) groups excluding carboxylic acids is 1. The maximum Gasteiger partial charge on any atom is 0.258 e. The number of nitrogens with two attached hydrogens (primary N) is 1. The SMILES string of the molecule is CC[C@H]1CCc2c(sc(N)c2C(=O)Nc2ccc(Cl)cc2Cl)C1. The Morgan fingerprint density at radius 2 is 2.22 bits per heavy atom. The molecule has 23 heavy (non-hydrogen) atoms. The van der Waals surface area contributed by atoms with E-state index in [4.69, 9.17) is 28.9 Å². The third kappa shape index (κ3) is 3.35. The first-order chi connectivity index (χ1) is 11.0. The van der Waals surface area contributed by atoms with Gasteiger partial charge in [-0.15, -0.1) is 11.3 Å². The molecule has 3 nitrogen and oxygen atoms in total. The smallest absolute Gasteiger partial charge is 0.258 e. The van der Waals surface area contributed by atoms with E-state index in [9.17, 15) is 4.79 Å². The summed E-state index contributed by atoms with van der Waals surface area (Å²) in [4.78, 5) is 13.9. The van der Waals surface area contributed by atoms with Gasteiger partial charge in [0.2, 0.25) is 0 Å². The molecule has 0 bridgehead atoms. The van der Waals surface area contributed by atoms with Crippen LogP contribution in [0.3, 0.4) is 0 Å². The van der Waals surface area contributed by atoms with Gasteiger partial charge in [-0.05, 0) is 48.9 Å². The monoisotopic (exact) mass is 368 g/mol. The minimum Gasteiger partial charge on any atom is -0.390 e. The first-order valence-electron chi connectivity index (χ1n) is 7.66. The number of nitrogens with one attached hydrogen (secondary N) is 1. The van der Waals surface area contributed by atoms with Gasteiger partial charge in [0.05, 0.1) is 21.3 Å². The van der Waals surface area contributed by atoms with Crippen molar-refractivity contribution in [3.8, 4) is 0 Å². The lowest BCUT2D eigenvalue weighted by atomic mass is 9.85. The number of anilines is 2. The second kappa shape index (κ2) is 6.71. The van der Waals surface area contributed by atoms with Crippen LogP contribution in [0, 0.1) is 5.92 Å². The molecule has 0 saturated carbocycles. The fourth-order valence-electron chi connectivity index (χ4n) is 3.05. The van der Waals surface area contributed by atoms with Gasteiger partial charge < -0.3 is 11.1 Å². The molecule has 3 rings (SSSR count). The Morgan fingerprint density at radius 1 is 1.43 bits per heavy atom. The van der Waals surface area contributed by atoms with Crippen LogP contribution in [0.4, 0.5) is 10.7 Å². The van der Waals surface area contributed by atoms with Crippen LogP contribution in [0.1, 0.15) is 40.6 Å². The predicted octanol–water partition coefficient (Wildman–Crippen LogP) is 5.40. The topological polar surface area (TPSA) is 55.1 Å². The van der Waals surface area contributed by atoms with Crippen LogP contribution in [0.25, 0.3) is 0 Å². The lowest BCUT2D eigenvalue weighted by molar-refractivity contribution is 0.102. The Kier molecular flexibility index (Phi) is 4.85. The molecular formula is C17H18Cl2N2OS. The van der Waals surface area contributed by atoms with E-state index in [1.165, 1.54) is 11.3 Å². The van der Waals surface area contributed by atoms with E-state index in [0.29, 0.717) is 32.2 Å². The molecule has 0 saturated heterocycles. The molecule has 3 N–H and O–H groups in total. The summed E-state index contributed by atoms with van der Waals surface area (Å²) in [6, 6.07) is 5.00. The third-order valence-electron chi connectivity index (χ3n) is 4.38. The minimum atomic E-state index is -0.195. The molecule has 1 aliphatic rings. The summed E-state index contributed by atoms with van der Waals surface area (Å²) in [5, 5.41) is 4.39. The molecular weight excluding hydrogens is 351 g/mol. The highest BCUT2D eigenvalue weighted by molar-refractivity contribution is 7.16. The highest BCUT2D eigenvalue weighted by Crippen LogP contribution is 2.39. The van der Waals surface area contributed by atoms with E-state index < -0.39 is 0 Å². The average molecular weight is 369 g/mol. The van der Waals surface area contributed by atoms with Gasteiger partial charge in [-0.2, -0.15) is 0 Å². The van der Waals surface area contributed by atoms with Crippen molar-refractivity contribution in [3.63, 3.8) is 0 Å². The fraction of sp³-hybridized carbons (Fsp3) is 0.353. The van der Waals surface area contributed by atoms with Gasteiger partial charge in [0.1, 0.15) is 0 Å². The van der Waals surface area contributed by atoms with Gasteiger partial charge in [0.15, 0.2) is 0 Å². The molecule has 6 heteroatoms. The van der Waals surface area contributed by atoms with Crippen molar-refractivity contribution in [1.29, 1.82) is 0 Å². The number of nitrogen functional groups attached to an aromatic ring is 1. The number of rotatable bonds is 3. The van der Waals surface area contributed by atoms with Crippen LogP contribution in [0.15, 0.2) is 18.2 Å². The van der Waals surface area contributed by atoms with Crippen LogP contribution in [-0.4, -0.2) is 5.91 Å². The van der Waals surface area contributed by atoms with Gasteiger partial charge in [0, 0.05) is 9.90 Å². The predicted molar refractivity (Wildman–Crippen MR) is 99.0 cm³/mol. The van der Waals surface area contributed by atoms with Crippen molar-refractivity contribution in [2.75, 3.05) is 11.1 Å². The first-order valence-corrected chi connectivity index (χ1v) is 9.23. The van der Waals surface area contributed by atoms with E-state index in [2.05, 4.69) is 12.2 Å². The number of thiophene rings is 1. The average Bonchev–Trinajstić information content (AvgIpc) is 2.84. The Labute approximate surface area is 149 Å². The van der Waals surface area contributed by atoms with Crippen molar-refractivity contribution in [2.24, 2.45) is 5.92 Å².